The molecule has 45 heavy (non-hydrogen) atoms. The molecule has 2 amide bonds. The molecule has 11 heteroatoms. The van der Waals surface area contributed by atoms with Crippen LogP contribution in [0.25, 0.3) is 10.8 Å². The second kappa shape index (κ2) is 15.1. The summed E-state index contributed by atoms with van der Waals surface area (Å²) in [7, 11) is 0. The first-order valence-corrected chi connectivity index (χ1v) is 19.0. The van der Waals surface area contributed by atoms with E-state index >= 15 is 0 Å². The fourth-order valence-corrected chi connectivity index (χ4v) is 10.3. The number of likely N-dealkylation sites (tertiary alicyclic amines) is 1. The Labute approximate surface area is 274 Å². The molecule has 0 unspecified atom stereocenters. The van der Waals surface area contributed by atoms with Gasteiger partial charge in [-0.15, -0.1) is 0 Å². The van der Waals surface area contributed by atoms with Crippen molar-refractivity contribution in [2.75, 3.05) is 63.3 Å². The van der Waals surface area contributed by atoms with Crippen molar-refractivity contribution in [2.45, 2.75) is 42.4 Å². The van der Waals surface area contributed by atoms with E-state index in [1.165, 1.54) is 55.7 Å². The fraction of sp³-hybridized carbons (Fsp3) is 0.529. The minimum absolute atomic E-state index is 0.0155. The zero-order valence-electron chi connectivity index (χ0n) is 25.8. The number of carbonyl (C=O) groups excluding carboxylic acids is 2. The predicted octanol–water partition coefficient (Wildman–Crippen LogP) is -0.119. The molecule has 2 N–H and O–H groups in total. The van der Waals surface area contributed by atoms with Crippen LogP contribution in [-0.4, -0.2) is 104 Å². The molecule has 0 aliphatic carbocycles. The molecule has 0 saturated carbocycles. The normalized spacial score (nSPS) is 19.0. The molecule has 9 nitrogen and oxygen atoms in total. The van der Waals surface area contributed by atoms with Crippen molar-refractivity contribution in [2.24, 2.45) is 5.92 Å². The number of H-pyrrole nitrogens is 1. The van der Waals surface area contributed by atoms with Crippen LogP contribution < -0.4 is 32.1 Å². The Bertz CT molecular complexity index is 1540. The van der Waals surface area contributed by atoms with Gasteiger partial charge in [-0.2, -0.15) is 5.10 Å². The van der Waals surface area contributed by atoms with Crippen LogP contribution in [0.15, 0.2) is 47.3 Å². The molecule has 242 valence electrons. The molecule has 0 radical (unpaired) electrons. The topological polar surface area (TPSA) is 102 Å². The second-order valence-electron chi connectivity index (χ2n) is 12.5. The Balaban J connectivity index is 0.964. The van der Waals surface area contributed by atoms with Crippen molar-refractivity contribution in [1.82, 2.24) is 30.2 Å². The maximum absolute atomic E-state index is 14.9. The molecule has 0 atom stereocenters. The molecule has 4 heterocycles. The quantitative estimate of drug-likeness (QED) is 0.236. The predicted molar refractivity (Wildman–Crippen MR) is 169 cm³/mol. The molecule has 0 bridgehead atoms. The van der Waals surface area contributed by atoms with Crippen molar-refractivity contribution in [3.63, 3.8) is 0 Å². The number of piperazine rings is 1. The van der Waals surface area contributed by atoms with Gasteiger partial charge in [0.2, 0.25) is 0 Å². The maximum atomic E-state index is 14.9. The van der Waals surface area contributed by atoms with Crippen LogP contribution in [0.3, 0.4) is 0 Å². The van der Waals surface area contributed by atoms with Gasteiger partial charge in [-0.05, 0) is 23.8 Å². The number of nitrogens with zero attached hydrogens (tertiary/aromatic N) is 4. The Morgan fingerprint density at radius 3 is 2.38 bits per heavy atom. The Morgan fingerprint density at radius 2 is 1.62 bits per heavy atom. The van der Waals surface area contributed by atoms with E-state index in [9.17, 15) is 18.8 Å². The molecule has 3 saturated heterocycles. The van der Waals surface area contributed by atoms with Crippen LogP contribution in [0.2, 0.25) is 0 Å². The molecule has 6 rings (SSSR count). The summed E-state index contributed by atoms with van der Waals surface area (Å²) in [4.78, 5) is 44.4. The summed E-state index contributed by atoms with van der Waals surface area (Å²) in [5.74, 6) is -0.0202. The zero-order valence-corrected chi connectivity index (χ0v) is 27.9. The van der Waals surface area contributed by atoms with E-state index in [-0.39, 0.29) is 22.9 Å². The van der Waals surface area contributed by atoms with Crippen molar-refractivity contribution in [3.8, 4) is 0 Å². The number of rotatable bonds is 9. The van der Waals surface area contributed by atoms with Gasteiger partial charge in [-0.25, -0.2) is 9.49 Å². The first kappa shape index (κ1) is 32.1. The van der Waals surface area contributed by atoms with Crippen LogP contribution in [-0.2, 0) is 11.2 Å². The van der Waals surface area contributed by atoms with Gasteiger partial charge in [0.15, 0.2) is 0 Å². The van der Waals surface area contributed by atoms with Gasteiger partial charge in [0.05, 0.1) is 16.6 Å². The van der Waals surface area contributed by atoms with Gasteiger partial charge >= 0.3 is 157 Å². The van der Waals surface area contributed by atoms with E-state index < -0.39 is 5.82 Å². The molecule has 2 aromatic carbocycles. The van der Waals surface area contributed by atoms with Gasteiger partial charge in [-0.1, -0.05) is 24.3 Å². The summed E-state index contributed by atoms with van der Waals surface area (Å²) in [5, 5.41) is 11.5. The standard InChI is InChI=1S/C34H43FIN6O3/c35-30-6-5-25(22-31-27-3-1-2-4-28(27)33(44)39-38-31)21-29(30)34(45)42-19-17-41(18-20-42)32(43)23-40-15-10-24(11-16-40)7-12-36-26-8-13-37-14-9-26/h1-6,21,24,26,37H,7-20,22-23H2,(H,39,44)/q-1. The summed E-state index contributed by atoms with van der Waals surface area (Å²) in [6, 6.07) is 11.8. The summed E-state index contributed by atoms with van der Waals surface area (Å²) in [5.41, 5.74) is 1.13. The van der Waals surface area contributed by atoms with Crippen LogP contribution in [0.4, 0.5) is 4.39 Å². The number of hydrogen-bond acceptors (Lipinski definition) is 6. The molecule has 3 fully saturated rings. The van der Waals surface area contributed by atoms with Gasteiger partial charge in [-0.3, -0.25) is 9.59 Å². The number of benzene rings is 2. The number of aromatic amines is 1. The molecular formula is C34H43FIN6O3-. The minimum atomic E-state index is -0.571. The molecule has 3 aliphatic rings. The number of alkyl halides is 2. The summed E-state index contributed by atoms with van der Waals surface area (Å²) >= 11 is 0.320. The third-order valence-electron chi connectivity index (χ3n) is 9.51. The van der Waals surface area contributed by atoms with Crippen LogP contribution in [0, 0.1) is 11.7 Å². The second-order valence-corrected chi connectivity index (χ2v) is 16.2. The zero-order chi connectivity index (χ0) is 31.2. The average Bonchev–Trinajstić information content (AvgIpc) is 3.08. The number of hydrogen-bond donors (Lipinski definition) is 2. The monoisotopic (exact) mass is 729 g/mol. The first-order chi connectivity index (χ1) is 21.9. The van der Waals surface area contributed by atoms with E-state index in [0.717, 1.165) is 33.9 Å². The Morgan fingerprint density at radius 1 is 0.911 bits per heavy atom. The van der Waals surface area contributed by atoms with E-state index in [4.69, 9.17) is 0 Å². The number of aromatic nitrogens is 2. The molecule has 1 aromatic heterocycles. The SMILES string of the molecule is O=C(CN1CCC(CC[I-]C2CCNCC2)CC1)N1CCN(C(=O)c2cc(Cc3n[nH]c(=O)c4ccccc34)ccc2F)CC1. The van der Waals surface area contributed by atoms with Crippen LogP contribution >= 0.6 is 0 Å². The summed E-state index contributed by atoms with van der Waals surface area (Å²) < 4.78 is 17.3. The average molecular weight is 730 g/mol. The van der Waals surface area contributed by atoms with Gasteiger partial charge in [0.25, 0.3) is 11.5 Å². The molecular weight excluding hydrogens is 686 g/mol. The van der Waals surface area contributed by atoms with Crippen molar-refractivity contribution >= 4 is 22.6 Å². The van der Waals surface area contributed by atoms with Crippen molar-refractivity contribution < 1.29 is 35.2 Å². The number of fused-ring (bicyclic) bond motifs is 1. The number of piperidine rings is 2. The number of nitrogens with one attached hydrogen (secondary N) is 2. The Kier molecular flexibility index (Phi) is 10.8. The van der Waals surface area contributed by atoms with Crippen LogP contribution in [0.1, 0.15) is 53.7 Å². The summed E-state index contributed by atoms with van der Waals surface area (Å²) in [6.45, 7) is 6.47. The van der Waals surface area contributed by atoms with E-state index in [2.05, 4.69) is 20.4 Å². The number of halogens is 2. The fourth-order valence-electron chi connectivity index (χ4n) is 6.71. The summed E-state index contributed by atoms with van der Waals surface area (Å²) in [6.07, 6.45) is 6.82. The molecule has 3 aromatic rings. The third-order valence-corrected chi connectivity index (χ3v) is 13.2. The first-order valence-electron chi connectivity index (χ1n) is 16.3. The van der Waals surface area contributed by atoms with Crippen LogP contribution in [0.5, 0.6) is 0 Å². The van der Waals surface area contributed by atoms with Gasteiger partial charge in [0.1, 0.15) is 5.82 Å². The van der Waals surface area contributed by atoms with Gasteiger partial charge in [0, 0.05) is 11.8 Å². The number of amides is 2. The number of carbonyl (C=O) groups is 2. The van der Waals surface area contributed by atoms with E-state index in [0.29, 0.717) is 71.4 Å². The molecule has 3 aliphatic heterocycles. The Hall–Kier alpha value is -2.90. The van der Waals surface area contributed by atoms with Gasteiger partial charge < -0.3 is 0 Å². The third kappa shape index (κ3) is 8.10. The van der Waals surface area contributed by atoms with Crippen molar-refractivity contribution in [1.29, 1.82) is 0 Å². The van der Waals surface area contributed by atoms with E-state index in [1.54, 1.807) is 29.2 Å². The molecule has 0 spiro atoms. The van der Waals surface area contributed by atoms with Crippen molar-refractivity contribution in [3.05, 3.63) is 75.5 Å². The van der Waals surface area contributed by atoms with E-state index in [1.807, 2.05) is 17.0 Å².